The number of benzene rings is 2. The van der Waals surface area contributed by atoms with E-state index in [0.717, 1.165) is 16.3 Å². The fourth-order valence-electron chi connectivity index (χ4n) is 2.51. The molecule has 0 fully saturated rings. The van der Waals surface area contributed by atoms with E-state index in [2.05, 4.69) is 21.2 Å². The molecule has 1 amide bonds. The molecule has 8 heteroatoms. The number of carbonyl (C=O) groups is 1. The number of hydrogen-bond acceptors (Lipinski definition) is 4. The second-order valence-corrected chi connectivity index (χ2v) is 9.24. The normalized spacial score (nSPS) is 12.3. The van der Waals surface area contributed by atoms with Gasteiger partial charge in [0.1, 0.15) is 12.3 Å². The SMILES string of the molecule is CC[C@H](C)NC(=O)CN(c1ccc(C)cc1)S(=O)(=O)c1ccc(OC)c(Br)c1. The molecule has 0 aromatic heterocycles. The molecule has 0 aliphatic rings. The highest BCUT2D eigenvalue weighted by Gasteiger charge is 2.28. The van der Waals surface area contributed by atoms with Gasteiger partial charge in [0, 0.05) is 6.04 Å². The van der Waals surface area contributed by atoms with E-state index in [1.165, 1.54) is 19.2 Å². The molecule has 0 radical (unpaired) electrons. The molecule has 0 heterocycles. The first kappa shape index (κ1) is 22.2. The van der Waals surface area contributed by atoms with Crippen molar-refractivity contribution in [3.63, 3.8) is 0 Å². The van der Waals surface area contributed by atoms with E-state index in [-0.39, 0.29) is 23.4 Å². The predicted molar refractivity (Wildman–Crippen MR) is 114 cm³/mol. The summed E-state index contributed by atoms with van der Waals surface area (Å²) in [4.78, 5) is 12.5. The van der Waals surface area contributed by atoms with Crippen LogP contribution in [0, 0.1) is 6.92 Å². The lowest BCUT2D eigenvalue weighted by Crippen LogP contribution is -2.43. The van der Waals surface area contributed by atoms with E-state index in [0.29, 0.717) is 15.9 Å². The van der Waals surface area contributed by atoms with Crippen LogP contribution >= 0.6 is 15.9 Å². The number of rotatable bonds is 8. The summed E-state index contributed by atoms with van der Waals surface area (Å²) >= 11 is 3.32. The summed E-state index contributed by atoms with van der Waals surface area (Å²) in [5, 5.41) is 2.82. The smallest absolute Gasteiger partial charge is 0.264 e. The van der Waals surface area contributed by atoms with Gasteiger partial charge in [-0.3, -0.25) is 9.10 Å². The van der Waals surface area contributed by atoms with Crippen LogP contribution in [-0.2, 0) is 14.8 Å². The third-order valence-electron chi connectivity index (χ3n) is 4.34. The minimum atomic E-state index is -3.97. The van der Waals surface area contributed by atoms with Gasteiger partial charge in [-0.15, -0.1) is 0 Å². The number of ether oxygens (including phenoxy) is 1. The zero-order valence-electron chi connectivity index (χ0n) is 16.4. The van der Waals surface area contributed by atoms with Crippen LogP contribution in [0.3, 0.4) is 0 Å². The second kappa shape index (κ2) is 9.43. The maximum absolute atomic E-state index is 13.3. The molecule has 1 N–H and O–H groups in total. The largest absolute Gasteiger partial charge is 0.496 e. The van der Waals surface area contributed by atoms with Crippen molar-refractivity contribution in [3.8, 4) is 5.75 Å². The molecular formula is C20H25BrN2O4S. The zero-order chi connectivity index (χ0) is 20.9. The Morgan fingerprint density at radius 3 is 2.39 bits per heavy atom. The van der Waals surface area contributed by atoms with Gasteiger partial charge in [-0.25, -0.2) is 8.42 Å². The van der Waals surface area contributed by atoms with Crippen LogP contribution < -0.4 is 14.4 Å². The molecule has 6 nitrogen and oxygen atoms in total. The van der Waals surface area contributed by atoms with E-state index in [9.17, 15) is 13.2 Å². The first-order chi connectivity index (χ1) is 13.2. The number of halogens is 1. The Hall–Kier alpha value is -2.06. The molecule has 2 aromatic carbocycles. The number of hydrogen-bond donors (Lipinski definition) is 1. The molecule has 1 atom stereocenters. The van der Waals surface area contributed by atoms with Gasteiger partial charge in [0.2, 0.25) is 5.91 Å². The molecule has 0 spiro atoms. The summed E-state index contributed by atoms with van der Waals surface area (Å²) in [5.41, 5.74) is 1.43. The summed E-state index contributed by atoms with van der Waals surface area (Å²) in [5.74, 6) is 0.168. The first-order valence-corrected chi connectivity index (χ1v) is 11.1. The van der Waals surface area contributed by atoms with Crippen molar-refractivity contribution >= 4 is 37.5 Å². The van der Waals surface area contributed by atoms with Crippen molar-refractivity contribution in [3.05, 3.63) is 52.5 Å². The van der Waals surface area contributed by atoms with Crippen molar-refractivity contribution in [1.82, 2.24) is 5.32 Å². The number of nitrogens with zero attached hydrogens (tertiary/aromatic N) is 1. The van der Waals surface area contributed by atoms with Crippen LogP contribution in [-0.4, -0.2) is 34.0 Å². The van der Waals surface area contributed by atoms with Crippen LogP contribution in [0.4, 0.5) is 5.69 Å². The minimum absolute atomic E-state index is 0.0368. The highest BCUT2D eigenvalue weighted by Crippen LogP contribution is 2.30. The summed E-state index contributed by atoms with van der Waals surface area (Å²) in [6.07, 6.45) is 0.758. The lowest BCUT2D eigenvalue weighted by molar-refractivity contribution is -0.120. The Kier molecular flexibility index (Phi) is 7.48. The lowest BCUT2D eigenvalue weighted by Gasteiger charge is -2.25. The van der Waals surface area contributed by atoms with Crippen molar-refractivity contribution < 1.29 is 17.9 Å². The summed E-state index contributed by atoms with van der Waals surface area (Å²) in [6, 6.07) is 11.5. The quantitative estimate of drug-likeness (QED) is 0.637. The highest BCUT2D eigenvalue weighted by molar-refractivity contribution is 9.10. The molecule has 152 valence electrons. The van der Waals surface area contributed by atoms with Gasteiger partial charge in [0.05, 0.1) is 22.2 Å². The number of nitrogens with one attached hydrogen (secondary N) is 1. The molecule has 0 saturated heterocycles. The molecule has 0 aliphatic heterocycles. The van der Waals surface area contributed by atoms with E-state index in [1.54, 1.807) is 18.2 Å². The standard InChI is InChI=1S/C20H25BrN2O4S/c1-5-15(3)22-20(24)13-23(16-8-6-14(2)7-9-16)28(25,26)17-10-11-19(27-4)18(21)12-17/h6-12,15H,5,13H2,1-4H3,(H,22,24)/t15-/m0/s1. The fraction of sp³-hybridized carbons (Fsp3) is 0.350. The highest BCUT2D eigenvalue weighted by atomic mass is 79.9. The monoisotopic (exact) mass is 468 g/mol. The van der Waals surface area contributed by atoms with E-state index in [4.69, 9.17) is 4.74 Å². The van der Waals surface area contributed by atoms with Gasteiger partial charge in [-0.2, -0.15) is 0 Å². The van der Waals surface area contributed by atoms with Gasteiger partial charge in [-0.05, 0) is 66.5 Å². The summed E-state index contributed by atoms with van der Waals surface area (Å²) in [6.45, 7) is 5.44. The maximum Gasteiger partial charge on any atom is 0.264 e. The van der Waals surface area contributed by atoms with E-state index < -0.39 is 10.0 Å². The number of anilines is 1. The van der Waals surface area contributed by atoms with Crippen LogP contribution in [0.1, 0.15) is 25.8 Å². The minimum Gasteiger partial charge on any atom is -0.496 e. The predicted octanol–water partition coefficient (Wildman–Crippen LogP) is 3.88. The van der Waals surface area contributed by atoms with Crippen molar-refractivity contribution in [2.24, 2.45) is 0 Å². The van der Waals surface area contributed by atoms with Crippen molar-refractivity contribution in [2.45, 2.75) is 38.1 Å². The van der Waals surface area contributed by atoms with Gasteiger partial charge < -0.3 is 10.1 Å². The number of methoxy groups -OCH3 is 1. The lowest BCUT2D eigenvalue weighted by atomic mass is 10.2. The zero-order valence-corrected chi connectivity index (χ0v) is 18.8. The van der Waals surface area contributed by atoms with E-state index >= 15 is 0 Å². The summed E-state index contributed by atoms with van der Waals surface area (Å²) in [7, 11) is -2.46. The molecule has 0 aliphatic carbocycles. The van der Waals surface area contributed by atoms with Gasteiger partial charge >= 0.3 is 0 Å². The van der Waals surface area contributed by atoms with Gasteiger partial charge in [0.15, 0.2) is 0 Å². The van der Waals surface area contributed by atoms with Crippen LogP contribution in [0.25, 0.3) is 0 Å². The average Bonchev–Trinajstić information content (AvgIpc) is 2.66. The number of aryl methyl sites for hydroxylation is 1. The van der Waals surface area contributed by atoms with Crippen LogP contribution in [0.15, 0.2) is 51.8 Å². The Morgan fingerprint density at radius 1 is 1.21 bits per heavy atom. The van der Waals surface area contributed by atoms with Gasteiger partial charge in [0.25, 0.3) is 10.0 Å². The molecule has 2 aromatic rings. The molecule has 0 bridgehead atoms. The van der Waals surface area contributed by atoms with Crippen LogP contribution in [0.5, 0.6) is 5.75 Å². The third kappa shape index (κ3) is 5.26. The first-order valence-electron chi connectivity index (χ1n) is 8.91. The molecule has 0 saturated carbocycles. The number of amides is 1. The van der Waals surface area contributed by atoms with Crippen molar-refractivity contribution in [1.29, 1.82) is 0 Å². The molecule has 0 unspecified atom stereocenters. The Bertz CT molecular complexity index is 930. The Labute approximate surface area is 175 Å². The van der Waals surface area contributed by atoms with Crippen molar-refractivity contribution in [2.75, 3.05) is 18.0 Å². The Morgan fingerprint density at radius 2 is 1.86 bits per heavy atom. The van der Waals surface area contributed by atoms with E-state index in [1.807, 2.05) is 32.9 Å². The third-order valence-corrected chi connectivity index (χ3v) is 6.73. The molecule has 28 heavy (non-hydrogen) atoms. The molecule has 2 rings (SSSR count). The average molecular weight is 469 g/mol. The second-order valence-electron chi connectivity index (χ2n) is 6.52. The Balaban J connectivity index is 2.45. The topological polar surface area (TPSA) is 75.7 Å². The number of carbonyl (C=O) groups excluding carboxylic acids is 1. The molecular weight excluding hydrogens is 444 g/mol. The van der Waals surface area contributed by atoms with Crippen LogP contribution in [0.2, 0.25) is 0 Å². The fourth-order valence-corrected chi connectivity index (χ4v) is 4.65. The summed E-state index contributed by atoms with van der Waals surface area (Å²) < 4.78 is 33.5. The maximum atomic E-state index is 13.3. The number of sulfonamides is 1. The van der Waals surface area contributed by atoms with Gasteiger partial charge in [-0.1, -0.05) is 24.6 Å².